The van der Waals surface area contributed by atoms with Crippen molar-refractivity contribution in [2.45, 2.75) is 25.3 Å². The van der Waals surface area contributed by atoms with Crippen LogP contribution in [0.1, 0.15) is 18.5 Å². The molecule has 1 aliphatic carbocycles. The zero-order chi connectivity index (χ0) is 12.9. The first-order valence-corrected chi connectivity index (χ1v) is 7.12. The molecule has 2 fully saturated rings. The lowest BCUT2D eigenvalue weighted by atomic mass is 10.1. The van der Waals surface area contributed by atoms with Gasteiger partial charge in [0.1, 0.15) is 5.82 Å². The molecule has 1 saturated heterocycles. The topological polar surface area (TPSA) is 28.2 Å². The summed E-state index contributed by atoms with van der Waals surface area (Å²) in [5.41, 5.74) is 1.54. The molecule has 2 heterocycles. The number of hydrogen-bond acceptors (Lipinski definition) is 3. The highest BCUT2D eigenvalue weighted by atomic mass is 15.3. The summed E-state index contributed by atoms with van der Waals surface area (Å²) in [5, 5.41) is 6.22. The molecule has 1 spiro atoms. The first-order chi connectivity index (χ1) is 9.26. The molecule has 1 saturated carbocycles. The molecule has 0 amide bonds. The molecule has 0 atom stereocenters. The molecule has 0 radical (unpaired) electrons. The lowest BCUT2D eigenvalue weighted by molar-refractivity contribution is 0.440. The van der Waals surface area contributed by atoms with Crippen LogP contribution in [0.4, 0.5) is 5.82 Å². The second-order valence-corrected chi connectivity index (χ2v) is 5.92. The average Bonchev–Trinajstić information content (AvgIpc) is 3.18. The van der Waals surface area contributed by atoms with Gasteiger partial charge in [0.15, 0.2) is 0 Å². The van der Waals surface area contributed by atoms with E-state index in [1.807, 2.05) is 0 Å². The Balaban J connectivity index is 1.74. The Hall–Kier alpha value is -1.61. The zero-order valence-electron chi connectivity index (χ0n) is 11.3. The molecule has 2 aromatic rings. The number of piperazine rings is 1. The van der Waals surface area contributed by atoms with Crippen LogP contribution in [0.2, 0.25) is 0 Å². The number of nitrogens with one attached hydrogen (secondary N) is 1. The number of pyridine rings is 1. The van der Waals surface area contributed by atoms with Crippen LogP contribution in [-0.4, -0.2) is 30.2 Å². The van der Waals surface area contributed by atoms with Gasteiger partial charge in [0, 0.05) is 36.3 Å². The number of aromatic nitrogens is 1. The number of benzene rings is 1. The van der Waals surface area contributed by atoms with Crippen LogP contribution in [0, 0.1) is 6.92 Å². The lowest BCUT2D eigenvalue weighted by Crippen LogP contribution is -2.52. The van der Waals surface area contributed by atoms with Crippen molar-refractivity contribution >= 4 is 16.6 Å². The molecular formula is C16H19N3. The highest BCUT2D eigenvalue weighted by molar-refractivity contribution is 5.86. The summed E-state index contributed by atoms with van der Waals surface area (Å²) in [6, 6.07) is 10.8. The monoisotopic (exact) mass is 253 g/mol. The molecule has 0 bridgehead atoms. The summed E-state index contributed by atoms with van der Waals surface area (Å²) in [6.07, 6.45) is 2.63. The van der Waals surface area contributed by atoms with Gasteiger partial charge in [-0.25, -0.2) is 4.98 Å². The Morgan fingerprint density at radius 2 is 2.11 bits per heavy atom. The highest BCUT2D eigenvalue weighted by Crippen LogP contribution is 2.38. The Kier molecular flexibility index (Phi) is 2.33. The van der Waals surface area contributed by atoms with Gasteiger partial charge in [0.25, 0.3) is 0 Å². The minimum Gasteiger partial charge on any atom is -0.353 e. The van der Waals surface area contributed by atoms with Crippen LogP contribution < -0.4 is 10.2 Å². The number of anilines is 1. The van der Waals surface area contributed by atoms with Crippen molar-refractivity contribution in [1.29, 1.82) is 0 Å². The number of aryl methyl sites for hydroxylation is 1. The van der Waals surface area contributed by atoms with Crippen molar-refractivity contribution < 1.29 is 0 Å². The van der Waals surface area contributed by atoms with Crippen LogP contribution in [0.15, 0.2) is 30.3 Å². The molecule has 1 N–H and O–H groups in total. The van der Waals surface area contributed by atoms with Gasteiger partial charge in [0.2, 0.25) is 0 Å². The van der Waals surface area contributed by atoms with Crippen molar-refractivity contribution in [3.05, 3.63) is 36.0 Å². The van der Waals surface area contributed by atoms with Gasteiger partial charge in [-0.15, -0.1) is 0 Å². The quantitative estimate of drug-likeness (QED) is 0.846. The van der Waals surface area contributed by atoms with E-state index in [-0.39, 0.29) is 0 Å². The number of rotatable bonds is 1. The molecule has 3 nitrogen and oxygen atoms in total. The number of nitrogens with zero attached hydrogens (tertiary/aromatic N) is 2. The molecule has 4 rings (SSSR count). The van der Waals surface area contributed by atoms with Gasteiger partial charge < -0.3 is 10.2 Å². The fraction of sp³-hybridized carbons (Fsp3) is 0.438. The fourth-order valence-corrected chi connectivity index (χ4v) is 3.16. The van der Waals surface area contributed by atoms with Crippen LogP contribution in [0.5, 0.6) is 0 Å². The molecule has 98 valence electrons. The fourth-order valence-electron chi connectivity index (χ4n) is 3.16. The minimum absolute atomic E-state index is 0.402. The van der Waals surface area contributed by atoms with E-state index in [1.54, 1.807) is 0 Å². The van der Waals surface area contributed by atoms with E-state index in [4.69, 9.17) is 4.98 Å². The molecule has 1 aromatic heterocycles. The number of hydrogen-bond donors (Lipinski definition) is 1. The Labute approximate surface area is 113 Å². The maximum atomic E-state index is 4.82. The van der Waals surface area contributed by atoms with E-state index in [0.29, 0.717) is 5.54 Å². The van der Waals surface area contributed by atoms with Crippen molar-refractivity contribution in [3.63, 3.8) is 0 Å². The molecule has 1 aromatic carbocycles. The smallest absolute Gasteiger partial charge is 0.129 e. The maximum Gasteiger partial charge on any atom is 0.129 e. The molecular weight excluding hydrogens is 234 g/mol. The summed E-state index contributed by atoms with van der Waals surface area (Å²) in [5.74, 6) is 1.14. The van der Waals surface area contributed by atoms with Crippen LogP contribution in [-0.2, 0) is 0 Å². The van der Waals surface area contributed by atoms with Gasteiger partial charge >= 0.3 is 0 Å². The largest absolute Gasteiger partial charge is 0.353 e. The summed E-state index contributed by atoms with van der Waals surface area (Å²) < 4.78 is 0. The molecule has 19 heavy (non-hydrogen) atoms. The third-order valence-electron chi connectivity index (χ3n) is 4.47. The Morgan fingerprint density at radius 1 is 1.26 bits per heavy atom. The molecule has 1 aliphatic heterocycles. The van der Waals surface area contributed by atoms with E-state index in [9.17, 15) is 0 Å². The third kappa shape index (κ3) is 1.89. The van der Waals surface area contributed by atoms with Gasteiger partial charge in [-0.3, -0.25) is 0 Å². The summed E-state index contributed by atoms with van der Waals surface area (Å²) in [6.45, 7) is 5.36. The van der Waals surface area contributed by atoms with Gasteiger partial charge in [0.05, 0.1) is 0 Å². The van der Waals surface area contributed by atoms with Gasteiger partial charge in [-0.1, -0.05) is 24.3 Å². The second kappa shape index (κ2) is 3.94. The molecule has 3 heteroatoms. The van der Waals surface area contributed by atoms with Crippen LogP contribution in [0.3, 0.4) is 0 Å². The Bertz CT molecular complexity index is 631. The van der Waals surface area contributed by atoms with E-state index in [2.05, 4.69) is 47.5 Å². The standard InChI is InChI=1S/C16H19N3/c1-12-14-5-3-2-4-13(14)10-15(18-12)19-9-8-17-16(11-19)6-7-16/h2-5,10,17H,6-9,11H2,1H3. The molecule has 0 unspecified atom stereocenters. The normalized spacial score (nSPS) is 21.0. The SMILES string of the molecule is Cc1nc(N2CCNC3(CC3)C2)cc2ccccc12. The van der Waals surface area contributed by atoms with E-state index < -0.39 is 0 Å². The van der Waals surface area contributed by atoms with Crippen molar-refractivity contribution in [1.82, 2.24) is 10.3 Å². The zero-order valence-corrected chi connectivity index (χ0v) is 11.3. The number of fused-ring (bicyclic) bond motifs is 1. The van der Waals surface area contributed by atoms with E-state index in [0.717, 1.165) is 31.1 Å². The van der Waals surface area contributed by atoms with Crippen molar-refractivity contribution in [3.8, 4) is 0 Å². The van der Waals surface area contributed by atoms with E-state index >= 15 is 0 Å². The summed E-state index contributed by atoms with van der Waals surface area (Å²) in [7, 11) is 0. The first kappa shape index (κ1) is 11.2. The average molecular weight is 253 g/mol. The lowest BCUT2D eigenvalue weighted by Gasteiger charge is -2.35. The first-order valence-electron chi connectivity index (χ1n) is 7.12. The summed E-state index contributed by atoms with van der Waals surface area (Å²) in [4.78, 5) is 7.26. The van der Waals surface area contributed by atoms with Gasteiger partial charge in [-0.05, 0) is 31.2 Å². The minimum atomic E-state index is 0.402. The third-order valence-corrected chi connectivity index (χ3v) is 4.47. The Morgan fingerprint density at radius 3 is 2.95 bits per heavy atom. The highest BCUT2D eigenvalue weighted by Gasteiger charge is 2.45. The predicted molar refractivity (Wildman–Crippen MR) is 78.7 cm³/mol. The molecule has 2 aliphatic rings. The summed E-state index contributed by atoms with van der Waals surface area (Å²) >= 11 is 0. The predicted octanol–water partition coefficient (Wildman–Crippen LogP) is 2.49. The van der Waals surface area contributed by atoms with Crippen LogP contribution in [0.25, 0.3) is 10.8 Å². The van der Waals surface area contributed by atoms with Gasteiger partial charge in [-0.2, -0.15) is 0 Å². The van der Waals surface area contributed by atoms with E-state index in [1.165, 1.54) is 23.6 Å². The van der Waals surface area contributed by atoms with Crippen molar-refractivity contribution in [2.24, 2.45) is 0 Å². The van der Waals surface area contributed by atoms with Crippen LogP contribution >= 0.6 is 0 Å². The van der Waals surface area contributed by atoms with Crippen molar-refractivity contribution in [2.75, 3.05) is 24.5 Å². The second-order valence-electron chi connectivity index (χ2n) is 5.92. The maximum absolute atomic E-state index is 4.82.